The highest BCUT2D eigenvalue weighted by atomic mass is 16.5. The van der Waals surface area contributed by atoms with E-state index in [1.807, 2.05) is 6.92 Å². The lowest BCUT2D eigenvalue weighted by molar-refractivity contribution is 0.108. The van der Waals surface area contributed by atoms with Gasteiger partial charge in [0.05, 0.1) is 6.61 Å². The van der Waals surface area contributed by atoms with Gasteiger partial charge in [0.25, 0.3) is 0 Å². The number of aromatic nitrogens is 2. The number of nitrogens with one attached hydrogen (secondary N) is 1. The number of nitrogens with zero attached hydrogens (tertiary/aromatic N) is 2. The van der Waals surface area contributed by atoms with Crippen LogP contribution in [0, 0.1) is 0 Å². The Morgan fingerprint density at radius 2 is 2.12 bits per heavy atom. The summed E-state index contributed by atoms with van der Waals surface area (Å²) in [6.45, 7) is 4.01. The van der Waals surface area contributed by atoms with Gasteiger partial charge in [0.15, 0.2) is 5.82 Å². The summed E-state index contributed by atoms with van der Waals surface area (Å²) < 4.78 is 15.6. The lowest BCUT2D eigenvalue weighted by Crippen LogP contribution is -2.09. The van der Waals surface area contributed by atoms with Crippen molar-refractivity contribution in [3.8, 4) is 5.88 Å². The zero-order valence-electron chi connectivity index (χ0n) is 10.5. The number of methoxy groups -OCH3 is 1. The fourth-order valence-electron chi connectivity index (χ4n) is 1.22. The van der Waals surface area contributed by atoms with Crippen molar-refractivity contribution in [3.63, 3.8) is 0 Å². The standard InChI is InChI=1S/C11H19N3O3/c1-4-16-5-6-17-11-7-9(12-2)13-10(14-11)8-15-3/h7H,4-6,8H2,1-3H3,(H,12,13,14). The molecular formula is C11H19N3O3. The Morgan fingerprint density at radius 3 is 2.76 bits per heavy atom. The third kappa shape index (κ3) is 4.97. The first kappa shape index (κ1) is 13.7. The van der Waals surface area contributed by atoms with Crippen LogP contribution in [0.3, 0.4) is 0 Å². The molecule has 6 heteroatoms. The molecule has 0 saturated heterocycles. The van der Waals surface area contributed by atoms with Gasteiger partial charge >= 0.3 is 0 Å². The highest BCUT2D eigenvalue weighted by Gasteiger charge is 2.04. The van der Waals surface area contributed by atoms with Gasteiger partial charge in [0.1, 0.15) is 19.0 Å². The van der Waals surface area contributed by atoms with E-state index < -0.39 is 0 Å². The molecule has 0 unspecified atom stereocenters. The van der Waals surface area contributed by atoms with Crippen LogP contribution in [0.15, 0.2) is 6.07 Å². The highest BCUT2D eigenvalue weighted by Crippen LogP contribution is 2.13. The first-order valence-electron chi connectivity index (χ1n) is 5.55. The number of hydrogen-bond donors (Lipinski definition) is 1. The average Bonchev–Trinajstić information content (AvgIpc) is 2.35. The summed E-state index contributed by atoms with van der Waals surface area (Å²) in [6, 6.07) is 1.74. The third-order valence-corrected chi connectivity index (χ3v) is 1.96. The molecule has 0 aromatic carbocycles. The Labute approximate surface area is 101 Å². The summed E-state index contributed by atoms with van der Waals surface area (Å²) in [5, 5.41) is 2.95. The number of ether oxygens (including phenoxy) is 3. The van der Waals surface area contributed by atoms with Gasteiger partial charge in [-0.05, 0) is 6.92 Å². The summed E-state index contributed by atoms with van der Waals surface area (Å²) in [5.74, 6) is 1.82. The molecule has 0 saturated carbocycles. The Kier molecular flexibility index (Phi) is 6.27. The smallest absolute Gasteiger partial charge is 0.218 e. The van der Waals surface area contributed by atoms with Gasteiger partial charge in [-0.15, -0.1) is 0 Å². The minimum absolute atomic E-state index is 0.358. The molecule has 17 heavy (non-hydrogen) atoms. The number of rotatable bonds is 8. The number of anilines is 1. The summed E-state index contributed by atoms with van der Waals surface area (Å²) in [7, 11) is 3.40. The Hall–Kier alpha value is -1.40. The summed E-state index contributed by atoms with van der Waals surface area (Å²) >= 11 is 0. The molecule has 0 bridgehead atoms. The van der Waals surface area contributed by atoms with Crippen LogP contribution in [-0.2, 0) is 16.1 Å². The van der Waals surface area contributed by atoms with Gasteiger partial charge in [0, 0.05) is 26.8 Å². The van der Waals surface area contributed by atoms with Crippen molar-refractivity contribution < 1.29 is 14.2 Å². The van der Waals surface area contributed by atoms with Gasteiger partial charge in [-0.1, -0.05) is 0 Å². The molecule has 6 nitrogen and oxygen atoms in total. The van der Waals surface area contributed by atoms with Crippen molar-refractivity contribution in [3.05, 3.63) is 11.9 Å². The van der Waals surface area contributed by atoms with E-state index >= 15 is 0 Å². The maximum atomic E-state index is 5.47. The Balaban J connectivity index is 2.59. The predicted octanol–water partition coefficient (Wildman–Crippen LogP) is 1.08. The predicted molar refractivity (Wildman–Crippen MR) is 64.3 cm³/mol. The summed E-state index contributed by atoms with van der Waals surface area (Å²) in [6.07, 6.45) is 0. The monoisotopic (exact) mass is 241 g/mol. The minimum atomic E-state index is 0.358. The van der Waals surface area contributed by atoms with E-state index in [9.17, 15) is 0 Å². The van der Waals surface area contributed by atoms with Crippen LogP contribution < -0.4 is 10.1 Å². The first-order valence-corrected chi connectivity index (χ1v) is 5.55. The first-order chi connectivity index (χ1) is 8.30. The van der Waals surface area contributed by atoms with Gasteiger partial charge in [-0.25, -0.2) is 4.98 Å². The zero-order chi connectivity index (χ0) is 12.5. The molecule has 1 N–H and O–H groups in total. The molecule has 1 aromatic rings. The lowest BCUT2D eigenvalue weighted by Gasteiger charge is -2.08. The van der Waals surface area contributed by atoms with Crippen LogP contribution in [0.2, 0.25) is 0 Å². The molecule has 0 fully saturated rings. The van der Waals surface area contributed by atoms with E-state index in [2.05, 4.69) is 15.3 Å². The minimum Gasteiger partial charge on any atom is -0.475 e. The molecule has 0 radical (unpaired) electrons. The molecular weight excluding hydrogens is 222 g/mol. The van der Waals surface area contributed by atoms with E-state index in [1.54, 1.807) is 20.2 Å². The molecule has 0 aliphatic heterocycles. The van der Waals surface area contributed by atoms with Gasteiger partial charge in [-0.2, -0.15) is 4.98 Å². The van der Waals surface area contributed by atoms with Gasteiger partial charge in [0.2, 0.25) is 5.88 Å². The molecule has 0 aliphatic carbocycles. The van der Waals surface area contributed by atoms with Gasteiger partial charge < -0.3 is 19.5 Å². The lowest BCUT2D eigenvalue weighted by atomic mass is 10.5. The molecule has 1 heterocycles. The third-order valence-electron chi connectivity index (χ3n) is 1.96. The quantitative estimate of drug-likeness (QED) is 0.687. The van der Waals surface area contributed by atoms with Crippen LogP contribution in [0.5, 0.6) is 5.88 Å². The molecule has 0 aliphatic rings. The van der Waals surface area contributed by atoms with Crippen molar-refractivity contribution in [2.24, 2.45) is 0 Å². The molecule has 0 amide bonds. The summed E-state index contributed by atoms with van der Waals surface area (Å²) in [5.41, 5.74) is 0. The van der Waals surface area contributed by atoms with Crippen LogP contribution in [0.1, 0.15) is 12.7 Å². The Morgan fingerprint density at radius 1 is 1.29 bits per heavy atom. The topological polar surface area (TPSA) is 65.5 Å². The van der Waals surface area contributed by atoms with Crippen molar-refractivity contribution in [1.82, 2.24) is 9.97 Å². The number of hydrogen-bond acceptors (Lipinski definition) is 6. The van der Waals surface area contributed by atoms with Crippen LogP contribution in [0.25, 0.3) is 0 Å². The van der Waals surface area contributed by atoms with E-state index in [0.717, 1.165) is 0 Å². The fraction of sp³-hybridized carbons (Fsp3) is 0.636. The highest BCUT2D eigenvalue weighted by molar-refractivity contribution is 5.37. The molecule has 1 rings (SSSR count). The fourth-order valence-corrected chi connectivity index (χ4v) is 1.22. The average molecular weight is 241 g/mol. The van der Waals surface area contributed by atoms with Crippen LogP contribution in [-0.4, -0.2) is 43.9 Å². The molecule has 96 valence electrons. The second kappa shape index (κ2) is 7.81. The second-order valence-electron chi connectivity index (χ2n) is 3.24. The molecule has 1 aromatic heterocycles. The van der Waals surface area contributed by atoms with Gasteiger partial charge in [-0.3, -0.25) is 0 Å². The van der Waals surface area contributed by atoms with E-state index in [4.69, 9.17) is 14.2 Å². The normalized spacial score (nSPS) is 10.3. The van der Waals surface area contributed by atoms with Crippen molar-refractivity contribution in [1.29, 1.82) is 0 Å². The largest absolute Gasteiger partial charge is 0.475 e. The van der Waals surface area contributed by atoms with E-state index in [1.165, 1.54) is 0 Å². The van der Waals surface area contributed by atoms with Crippen molar-refractivity contribution in [2.75, 3.05) is 39.3 Å². The van der Waals surface area contributed by atoms with E-state index in [0.29, 0.717) is 43.9 Å². The van der Waals surface area contributed by atoms with Crippen LogP contribution >= 0.6 is 0 Å². The van der Waals surface area contributed by atoms with Crippen LogP contribution in [0.4, 0.5) is 5.82 Å². The second-order valence-corrected chi connectivity index (χ2v) is 3.24. The molecule has 0 atom stereocenters. The summed E-state index contributed by atoms with van der Waals surface area (Å²) in [4.78, 5) is 8.44. The molecule has 0 spiro atoms. The van der Waals surface area contributed by atoms with Crippen molar-refractivity contribution >= 4 is 5.82 Å². The van der Waals surface area contributed by atoms with E-state index in [-0.39, 0.29) is 0 Å². The maximum absolute atomic E-state index is 5.47. The maximum Gasteiger partial charge on any atom is 0.218 e. The zero-order valence-corrected chi connectivity index (χ0v) is 10.5. The Bertz CT molecular complexity index is 334. The van der Waals surface area contributed by atoms with Crippen molar-refractivity contribution in [2.45, 2.75) is 13.5 Å². The SMILES string of the molecule is CCOCCOc1cc(NC)nc(COC)n1.